The van der Waals surface area contributed by atoms with Crippen molar-refractivity contribution in [2.45, 2.75) is 0 Å². The van der Waals surface area contributed by atoms with Gasteiger partial charge in [-0.25, -0.2) is 4.90 Å². The van der Waals surface area contributed by atoms with E-state index in [2.05, 4.69) is 53.4 Å². The van der Waals surface area contributed by atoms with Gasteiger partial charge in [0, 0.05) is 33.6 Å². The number of anilines is 6. The van der Waals surface area contributed by atoms with Crippen molar-refractivity contribution >= 4 is 56.7 Å². The highest BCUT2D eigenvalue weighted by molar-refractivity contribution is 6.36. The Bertz CT molecular complexity index is 1930. The number of para-hydroxylation sites is 2. The molecule has 1 aliphatic rings. The van der Waals surface area contributed by atoms with Gasteiger partial charge in [0.25, 0.3) is 11.8 Å². The molecule has 7 rings (SSSR count). The summed E-state index contributed by atoms with van der Waals surface area (Å²) in [5.41, 5.74) is 18.9. The molecule has 1 heterocycles. The van der Waals surface area contributed by atoms with Crippen molar-refractivity contribution in [1.29, 1.82) is 0 Å². The minimum absolute atomic E-state index is 0.314. The summed E-state index contributed by atoms with van der Waals surface area (Å²) in [6.07, 6.45) is 0. The van der Waals surface area contributed by atoms with E-state index in [1.54, 1.807) is 30.3 Å². The topological polar surface area (TPSA) is 92.7 Å². The molecule has 6 nitrogen and oxygen atoms in total. The van der Waals surface area contributed by atoms with Gasteiger partial charge in [0.15, 0.2) is 0 Å². The third-order valence-corrected chi connectivity index (χ3v) is 7.70. The molecule has 6 heteroatoms. The first kappa shape index (κ1) is 25.1. The number of imide groups is 1. The minimum atomic E-state index is -0.392. The van der Waals surface area contributed by atoms with Crippen molar-refractivity contribution in [2.24, 2.45) is 0 Å². The zero-order valence-electron chi connectivity index (χ0n) is 22.6. The van der Waals surface area contributed by atoms with E-state index in [1.807, 2.05) is 54.6 Å². The monoisotopic (exact) mass is 546 g/mol. The molecule has 1 aliphatic heterocycles. The van der Waals surface area contributed by atoms with Crippen LogP contribution in [0.2, 0.25) is 0 Å². The summed E-state index contributed by atoms with van der Waals surface area (Å²) in [6, 6.07) is 42.9. The Hall–Kier alpha value is -5.88. The fraction of sp³-hybridized carbons (Fsp3) is 0. The van der Waals surface area contributed by atoms with Crippen LogP contribution in [0, 0.1) is 0 Å². The van der Waals surface area contributed by atoms with Gasteiger partial charge in [-0.05, 0) is 83.2 Å². The molecule has 0 aliphatic carbocycles. The summed E-state index contributed by atoms with van der Waals surface area (Å²) in [5, 5.41) is 1.50. The Morgan fingerprint density at radius 1 is 0.500 bits per heavy atom. The lowest BCUT2D eigenvalue weighted by atomic mass is 9.89. The summed E-state index contributed by atoms with van der Waals surface area (Å²) < 4.78 is 0. The molecule has 42 heavy (non-hydrogen) atoms. The minimum Gasteiger partial charge on any atom is -0.397 e. The molecule has 0 unspecified atom stereocenters. The van der Waals surface area contributed by atoms with E-state index in [0.717, 1.165) is 33.6 Å². The zero-order chi connectivity index (χ0) is 28.8. The number of nitrogen functional groups attached to an aromatic ring is 2. The highest BCUT2D eigenvalue weighted by Crippen LogP contribution is 2.40. The summed E-state index contributed by atoms with van der Waals surface area (Å²) >= 11 is 0. The third-order valence-electron chi connectivity index (χ3n) is 7.70. The molecule has 0 saturated heterocycles. The van der Waals surface area contributed by atoms with Gasteiger partial charge >= 0.3 is 0 Å². The Labute approximate surface area is 243 Å². The molecule has 0 bridgehead atoms. The summed E-state index contributed by atoms with van der Waals surface area (Å²) in [5.74, 6) is -0.785. The predicted octanol–water partition coefficient (Wildman–Crippen LogP) is 7.94. The predicted molar refractivity (Wildman–Crippen MR) is 170 cm³/mol. The number of nitrogens with zero attached hydrogens (tertiary/aromatic N) is 2. The maximum atomic E-state index is 13.7. The second kappa shape index (κ2) is 9.94. The molecule has 0 fully saturated rings. The van der Waals surface area contributed by atoms with Crippen LogP contribution in [-0.4, -0.2) is 11.8 Å². The van der Waals surface area contributed by atoms with Crippen molar-refractivity contribution in [1.82, 2.24) is 0 Å². The van der Waals surface area contributed by atoms with E-state index >= 15 is 0 Å². The molecule has 6 aromatic rings. The number of hydrogen-bond donors (Lipinski definition) is 2. The first-order chi connectivity index (χ1) is 20.5. The number of carbonyl (C=O) groups is 2. The van der Waals surface area contributed by atoms with E-state index in [1.165, 1.54) is 4.90 Å². The lowest BCUT2D eigenvalue weighted by Gasteiger charge is -2.28. The maximum absolute atomic E-state index is 13.7. The van der Waals surface area contributed by atoms with Crippen LogP contribution in [0.4, 0.5) is 34.1 Å². The molecular weight excluding hydrogens is 520 g/mol. The zero-order valence-corrected chi connectivity index (χ0v) is 22.6. The second-order valence-electron chi connectivity index (χ2n) is 10.2. The van der Waals surface area contributed by atoms with Crippen LogP contribution in [0.15, 0.2) is 133 Å². The van der Waals surface area contributed by atoms with Gasteiger partial charge in [0.05, 0.1) is 17.1 Å². The number of carbonyl (C=O) groups excluding carboxylic acids is 2. The standard InChI is InChI=1S/C36H26N4O2/c37-32-21-18-27(22-33(32)38)40-35(41)30-13-7-12-29-28(19-20-31(34(29)30)36(40)42)23-14-16-26(17-15-23)39(24-8-3-1-4-9-24)25-10-5-2-6-11-25/h1-22H,37-38H2. The van der Waals surface area contributed by atoms with Crippen molar-refractivity contribution in [3.05, 3.63) is 145 Å². The van der Waals surface area contributed by atoms with Crippen molar-refractivity contribution in [3.63, 3.8) is 0 Å². The lowest BCUT2D eigenvalue weighted by Crippen LogP contribution is -2.40. The molecule has 0 spiro atoms. The van der Waals surface area contributed by atoms with E-state index in [0.29, 0.717) is 33.6 Å². The number of nitrogens with two attached hydrogens (primary N) is 2. The van der Waals surface area contributed by atoms with Crippen molar-refractivity contribution in [3.8, 4) is 11.1 Å². The molecule has 2 amide bonds. The summed E-state index contributed by atoms with van der Waals surface area (Å²) in [7, 11) is 0. The summed E-state index contributed by atoms with van der Waals surface area (Å²) in [4.78, 5) is 30.7. The van der Waals surface area contributed by atoms with E-state index < -0.39 is 11.8 Å². The quantitative estimate of drug-likeness (QED) is 0.169. The van der Waals surface area contributed by atoms with E-state index in [4.69, 9.17) is 11.5 Å². The Morgan fingerprint density at radius 3 is 1.69 bits per heavy atom. The van der Waals surface area contributed by atoms with E-state index in [9.17, 15) is 9.59 Å². The SMILES string of the molecule is Nc1ccc(N2C(=O)c3cccc4c(-c5ccc(N(c6ccccc6)c6ccccc6)cc5)ccc(c34)C2=O)cc1N. The third kappa shape index (κ3) is 4.05. The van der Waals surface area contributed by atoms with Crippen molar-refractivity contribution in [2.75, 3.05) is 21.3 Å². The number of rotatable bonds is 5. The molecule has 0 saturated carbocycles. The molecule has 0 aromatic heterocycles. The highest BCUT2D eigenvalue weighted by atomic mass is 16.2. The van der Waals surface area contributed by atoms with E-state index in [-0.39, 0.29) is 0 Å². The maximum Gasteiger partial charge on any atom is 0.265 e. The average Bonchev–Trinajstić information content (AvgIpc) is 3.03. The smallest absolute Gasteiger partial charge is 0.265 e. The van der Waals surface area contributed by atoms with Crippen molar-refractivity contribution < 1.29 is 9.59 Å². The van der Waals surface area contributed by atoms with Gasteiger partial charge in [0.2, 0.25) is 0 Å². The highest BCUT2D eigenvalue weighted by Gasteiger charge is 2.34. The molecule has 0 radical (unpaired) electrons. The van der Waals surface area contributed by atoms with Gasteiger partial charge in [-0.2, -0.15) is 0 Å². The van der Waals surface area contributed by atoms with Crippen LogP contribution >= 0.6 is 0 Å². The van der Waals surface area contributed by atoms with Crippen LogP contribution in [0.3, 0.4) is 0 Å². The van der Waals surface area contributed by atoms with Crippen LogP contribution in [0.5, 0.6) is 0 Å². The van der Waals surface area contributed by atoms with Gasteiger partial charge in [-0.15, -0.1) is 0 Å². The molecule has 202 valence electrons. The van der Waals surface area contributed by atoms with Gasteiger partial charge < -0.3 is 16.4 Å². The second-order valence-corrected chi connectivity index (χ2v) is 10.2. The normalized spacial score (nSPS) is 12.5. The first-order valence-corrected chi connectivity index (χ1v) is 13.6. The fourth-order valence-corrected chi connectivity index (χ4v) is 5.68. The average molecular weight is 547 g/mol. The molecule has 0 atom stereocenters. The summed E-state index contributed by atoms with van der Waals surface area (Å²) in [6.45, 7) is 0. The Balaban J connectivity index is 1.30. The van der Waals surface area contributed by atoms with Crippen LogP contribution in [0.1, 0.15) is 20.7 Å². The van der Waals surface area contributed by atoms with Gasteiger partial charge in [-0.1, -0.05) is 66.7 Å². The fourth-order valence-electron chi connectivity index (χ4n) is 5.68. The first-order valence-electron chi connectivity index (χ1n) is 13.6. The van der Waals surface area contributed by atoms with Gasteiger partial charge in [0.1, 0.15) is 0 Å². The molecule has 4 N–H and O–H groups in total. The Morgan fingerprint density at radius 2 is 1.07 bits per heavy atom. The van der Waals surface area contributed by atoms with Crippen LogP contribution in [-0.2, 0) is 0 Å². The largest absolute Gasteiger partial charge is 0.397 e. The molecular formula is C36H26N4O2. The molecule has 6 aromatic carbocycles. The lowest BCUT2D eigenvalue weighted by molar-refractivity contribution is 0.0893. The van der Waals surface area contributed by atoms with Crippen LogP contribution in [0.25, 0.3) is 21.9 Å². The number of hydrogen-bond acceptors (Lipinski definition) is 5. The van der Waals surface area contributed by atoms with Gasteiger partial charge in [-0.3, -0.25) is 9.59 Å². The number of amides is 2. The Kier molecular flexibility index (Phi) is 5.95. The van der Waals surface area contributed by atoms with Crippen LogP contribution < -0.4 is 21.3 Å². The number of benzene rings is 6.